The van der Waals surface area contributed by atoms with Crippen LogP contribution in [-0.4, -0.2) is 36.6 Å². The van der Waals surface area contributed by atoms with E-state index in [1.54, 1.807) is 12.1 Å². The van der Waals surface area contributed by atoms with Crippen LogP contribution in [0.25, 0.3) is 0 Å². The Bertz CT molecular complexity index is 765. The molecule has 2 N–H and O–H groups in total. The number of halogens is 1. The maximum absolute atomic E-state index is 13.5. The second-order valence-corrected chi connectivity index (χ2v) is 8.83. The molecule has 3 aliphatic rings. The molecule has 1 heterocycles. The molecule has 2 aliphatic carbocycles. The highest BCUT2D eigenvalue weighted by Gasteiger charge is 2.42. The van der Waals surface area contributed by atoms with Crippen molar-refractivity contribution in [3.05, 3.63) is 47.5 Å². The van der Waals surface area contributed by atoms with Crippen molar-refractivity contribution in [1.82, 2.24) is 5.32 Å². The number of ether oxygens (including phenoxy) is 2. The first-order valence-corrected chi connectivity index (χ1v) is 11.3. The summed E-state index contributed by atoms with van der Waals surface area (Å²) in [5.41, 5.74) is 0.914. The number of amides is 1. The number of rotatable bonds is 8. The highest BCUT2D eigenvalue weighted by Crippen LogP contribution is 2.45. The van der Waals surface area contributed by atoms with E-state index in [9.17, 15) is 14.3 Å². The Labute approximate surface area is 177 Å². The third-order valence-corrected chi connectivity index (χ3v) is 6.94. The summed E-state index contributed by atoms with van der Waals surface area (Å²) in [5, 5.41) is 12.5. The van der Waals surface area contributed by atoms with Gasteiger partial charge in [-0.2, -0.15) is 0 Å². The van der Waals surface area contributed by atoms with Crippen LogP contribution in [0, 0.1) is 23.6 Å². The second kappa shape index (κ2) is 9.48. The van der Waals surface area contributed by atoms with Crippen LogP contribution in [0.3, 0.4) is 0 Å². The Balaban J connectivity index is 1.58. The number of hydrogen-bond acceptors (Lipinski definition) is 4. The summed E-state index contributed by atoms with van der Waals surface area (Å²) >= 11 is 0. The minimum atomic E-state index is -0.581. The van der Waals surface area contributed by atoms with Crippen molar-refractivity contribution in [1.29, 1.82) is 0 Å². The van der Waals surface area contributed by atoms with E-state index in [1.807, 2.05) is 13.0 Å². The van der Waals surface area contributed by atoms with Gasteiger partial charge in [-0.1, -0.05) is 18.6 Å². The molecular formula is C24H32FNO4. The highest BCUT2D eigenvalue weighted by molar-refractivity contribution is 5.92. The standard InChI is InChI=1S/C24H32FNO4/c1-2-29-24-19(4-3-11-27)20(16-7-9-18(25)10-8-16)14-22(30-24)23(28)26-21-13-15-5-6-17(21)12-15/h7-10,14-15,17,19-21,24,27H,2-6,11-13H2,1H3,(H,26,28)/t15?,17?,19-,20-,21?,24-/m0/s1. The van der Waals surface area contributed by atoms with Crippen LogP contribution in [0.15, 0.2) is 36.1 Å². The van der Waals surface area contributed by atoms with Crippen molar-refractivity contribution in [2.45, 2.75) is 63.7 Å². The number of aliphatic hydroxyl groups excluding tert-OH is 1. The normalized spacial score (nSPS) is 32.6. The predicted octanol–water partition coefficient (Wildman–Crippen LogP) is 3.88. The minimum Gasteiger partial charge on any atom is -0.459 e. The molecule has 1 amide bonds. The van der Waals surface area contributed by atoms with Crippen LogP contribution in [0.2, 0.25) is 0 Å². The van der Waals surface area contributed by atoms with E-state index >= 15 is 0 Å². The third-order valence-electron chi connectivity index (χ3n) is 6.94. The van der Waals surface area contributed by atoms with Crippen LogP contribution in [0.5, 0.6) is 0 Å². The lowest BCUT2D eigenvalue weighted by Crippen LogP contribution is -2.43. The molecule has 3 unspecified atom stereocenters. The average Bonchev–Trinajstić information content (AvgIpc) is 3.36. The topological polar surface area (TPSA) is 67.8 Å². The number of carbonyl (C=O) groups excluding carboxylic acids is 1. The van der Waals surface area contributed by atoms with Gasteiger partial charge in [0.25, 0.3) is 5.91 Å². The quantitative estimate of drug-likeness (QED) is 0.674. The zero-order chi connectivity index (χ0) is 21.1. The SMILES string of the molecule is CCO[C@H]1OC(C(=O)NC2CC3CCC2C3)=C[C@@H](c2ccc(F)cc2)[C@@H]1CCCO. The third kappa shape index (κ3) is 4.54. The lowest BCUT2D eigenvalue weighted by Gasteiger charge is -2.37. The Morgan fingerprint density at radius 1 is 1.27 bits per heavy atom. The zero-order valence-electron chi connectivity index (χ0n) is 17.6. The number of nitrogens with one attached hydrogen (secondary N) is 1. The van der Waals surface area contributed by atoms with E-state index in [-0.39, 0.29) is 42.0 Å². The van der Waals surface area contributed by atoms with Crippen molar-refractivity contribution < 1.29 is 23.8 Å². The first-order chi connectivity index (χ1) is 14.6. The summed E-state index contributed by atoms with van der Waals surface area (Å²) in [7, 11) is 0. The maximum Gasteiger partial charge on any atom is 0.286 e. The number of fused-ring (bicyclic) bond motifs is 2. The van der Waals surface area contributed by atoms with E-state index in [4.69, 9.17) is 9.47 Å². The van der Waals surface area contributed by atoms with Gasteiger partial charge in [-0.05, 0) is 74.6 Å². The van der Waals surface area contributed by atoms with E-state index in [1.165, 1.54) is 31.4 Å². The van der Waals surface area contributed by atoms with Gasteiger partial charge in [-0.3, -0.25) is 4.79 Å². The first kappa shape index (κ1) is 21.3. The molecule has 1 aromatic rings. The fourth-order valence-electron chi connectivity index (χ4n) is 5.49. The summed E-state index contributed by atoms with van der Waals surface area (Å²) in [4.78, 5) is 13.1. The van der Waals surface area contributed by atoms with Gasteiger partial charge in [-0.15, -0.1) is 0 Å². The molecule has 0 saturated heterocycles. The van der Waals surface area contributed by atoms with E-state index in [0.717, 1.165) is 17.9 Å². The van der Waals surface area contributed by atoms with Crippen LogP contribution in [0.1, 0.15) is 56.9 Å². The Morgan fingerprint density at radius 2 is 2.07 bits per heavy atom. The van der Waals surface area contributed by atoms with Gasteiger partial charge in [0.2, 0.25) is 6.29 Å². The zero-order valence-corrected chi connectivity index (χ0v) is 17.6. The number of aliphatic hydroxyl groups is 1. The van der Waals surface area contributed by atoms with E-state index in [2.05, 4.69) is 5.32 Å². The summed E-state index contributed by atoms with van der Waals surface area (Å²) in [6, 6.07) is 6.60. The first-order valence-electron chi connectivity index (χ1n) is 11.3. The molecule has 164 valence electrons. The Kier molecular flexibility index (Phi) is 6.74. The number of hydrogen-bond donors (Lipinski definition) is 2. The van der Waals surface area contributed by atoms with Gasteiger partial charge in [0.15, 0.2) is 5.76 Å². The molecule has 2 fully saturated rings. The van der Waals surface area contributed by atoms with Crippen molar-refractivity contribution in [2.24, 2.45) is 17.8 Å². The molecule has 2 bridgehead atoms. The van der Waals surface area contributed by atoms with Crippen molar-refractivity contribution in [3.63, 3.8) is 0 Å². The number of allylic oxidation sites excluding steroid dienone is 1. The number of benzene rings is 1. The summed E-state index contributed by atoms with van der Waals surface area (Å²) in [5.74, 6) is 0.904. The summed E-state index contributed by atoms with van der Waals surface area (Å²) < 4.78 is 25.4. The molecule has 0 spiro atoms. The van der Waals surface area contributed by atoms with Crippen LogP contribution in [-0.2, 0) is 14.3 Å². The lowest BCUT2D eigenvalue weighted by molar-refractivity contribution is -0.167. The van der Waals surface area contributed by atoms with Gasteiger partial charge in [-0.25, -0.2) is 4.39 Å². The molecule has 0 radical (unpaired) electrons. The van der Waals surface area contributed by atoms with Gasteiger partial charge >= 0.3 is 0 Å². The maximum atomic E-state index is 13.5. The predicted molar refractivity (Wildman–Crippen MR) is 111 cm³/mol. The molecule has 5 nitrogen and oxygen atoms in total. The monoisotopic (exact) mass is 417 g/mol. The van der Waals surface area contributed by atoms with Crippen molar-refractivity contribution in [2.75, 3.05) is 13.2 Å². The summed E-state index contributed by atoms with van der Waals surface area (Å²) in [6.07, 6.45) is 7.31. The van der Waals surface area contributed by atoms with Crippen LogP contribution < -0.4 is 5.32 Å². The Morgan fingerprint density at radius 3 is 2.70 bits per heavy atom. The minimum absolute atomic E-state index is 0.0680. The fraction of sp³-hybridized carbons (Fsp3) is 0.625. The fourth-order valence-corrected chi connectivity index (χ4v) is 5.49. The van der Waals surface area contributed by atoms with Gasteiger partial charge < -0.3 is 19.9 Å². The molecule has 6 heteroatoms. The molecule has 6 atom stereocenters. The van der Waals surface area contributed by atoms with Gasteiger partial charge in [0.05, 0.1) is 0 Å². The van der Waals surface area contributed by atoms with Crippen LogP contribution in [0.4, 0.5) is 4.39 Å². The van der Waals surface area contributed by atoms with Gasteiger partial charge in [0, 0.05) is 31.1 Å². The van der Waals surface area contributed by atoms with Crippen molar-refractivity contribution in [3.8, 4) is 0 Å². The molecule has 1 aliphatic heterocycles. The number of carbonyl (C=O) groups is 1. The van der Waals surface area contributed by atoms with Crippen LogP contribution >= 0.6 is 0 Å². The largest absolute Gasteiger partial charge is 0.459 e. The highest BCUT2D eigenvalue weighted by atomic mass is 19.1. The molecular weight excluding hydrogens is 385 g/mol. The summed E-state index contributed by atoms with van der Waals surface area (Å²) in [6.45, 7) is 2.43. The smallest absolute Gasteiger partial charge is 0.286 e. The molecule has 1 aromatic carbocycles. The van der Waals surface area contributed by atoms with E-state index in [0.29, 0.717) is 25.4 Å². The second-order valence-electron chi connectivity index (χ2n) is 8.83. The molecule has 0 aromatic heterocycles. The van der Waals surface area contributed by atoms with E-state index < -0.39 is 6.29 Å². The molecule has 30 heavy (non-hydrogen) atoms. The lowest BCUT2D eigenvalue weighted by atomic mass is 9.80. The average molecular weight is 418 g/mol. The molecule has 4 rings (SSSR count). The van der Waals surface area contributed by atoms with Gasteiger partial charge in [0.1, 0.15) is 5.82 Å². The Hall–Kier alpha value is -1.92. The van der Waals surface area contributed by atoms with Crippen molar-refractivity contribution >= 4 is 5.91 Å². The molecule has 2 saturated carbocycles.